The zero-order chi connectivity index (χ0) is 12.1. The average Bonchev–Trinajstić information content (AvgIpc) is 2.79. The Morgan fingerprint density at radius 2 is 2.06 bits per heavy atom. The van der Waals surface area contributed by atoms with E-state index in [2.05, 4.69) is 10.4 Å². The van der Waals surface area contributed by atoms with E-state index in [0.717, 1.165) is 41.6 Å². The highest BCUT2D eigenvalue weighted by Crippen LogP contribution is 2.22. The number of nitrogens with zero attached hydrogens (tertiary/aromatic N) is 1. The third kappa shape index (κ3) is 3.28. The van der Waals surface area contributed by atoms with Gasteiger partial charge in [0.25, 0.3) is 0 Å². The molecule has 0 saturated carbocycles. The number of thiazole rings is 1. The molecule has 17 heavy (non-hydrogen) atoms. The molecule has 1 aromatic heterocycles. The molecule has 0 saturated heterocycles. The topological polar surface area (TPSA) is 48.1 Å². The van der Waals surface area contributed by atoms with E-state index in [-0.39, 0.29) is 0 Å². The maximum atomic E-state index is 5.66. The summed E-state index contributed by atoms with van der Waals surface area (Å²) in [5, 5.41) is 3.19. The predicted molar refractivity (Wildman–Crippen MR) is 72.2 cm³/mol. The molecule has 0 aliphatic heterocycles. The van der Waals surface area contributed by atoms with Crippen LogP contribution >= 0.6 is 11.3 Å². The Labute approximate surface area is 105 Å². The van der Waals surface area contributed by atoms with Crippen molar-refractivity contribution in [3.8, 4) is 11.3 Å². The Balaban J connectivity index is 2.04. The molecule has 90 valence electrons. The number of benzene rings is 1. The van der Waals surface area contributed by atoms with Crippen LogP contribution in [0.1, 0.15) is 11.9 Å². The molecule has 3 nitrogen and oxygen atoms in total. The van der Waals surface area contributed by atoms with Crippen molar-refractivity contribution in [3.05, 3.63) is 34.7 Å². The highest BCUT2D eigenvalue weighted by molar-refractivity contribution is 7.09. The van der Waals surface area contributed by atoms with Gasteiger partial charge in [0.15, 0.2) is 0 Å². The predicted octanol–water partition coefficient (Wildman–Crippen LogP) is 2.97. The minimum atomic E-state index is 0.741. The first kappa shape index (κ1) is 12.1. The zero-order valence-corrected chi connectivity index (χ0v) is 10.7. The van der Waals surface area contributed by atoms with Crippen molar-refractivity contribution >= 4 is 17.0 Å². The van der Waals surface area contributed by atoms with Crippen molar-refractivity contribution in [1.82, 2.24) is 4.98 Å². The van der Waals surface area contributed by atoms with Gasteiger partial charge >= 0.3 is 0 Å². The zero-order valence-electron chi connectivity index (χ0n) is 9.85. The summed E-state index contributed by atoms with van der Waals surface area (Å²) in [6.45, 7) is 3.50. The molecule has 0 bridgehead atoms. The second-order valence-corrected chi connectivity index (χ2v) is 4.64. The molecular formula is C13H16N2OS. The lowest BCUT2D eigenvalue weighted by Gasteiger charge is -1.98. The normalized spacial score (nSPS) is 10.6. The Morgan fingerprint density at radius 1 is 1.29 bits per heavy atom. The number of hydrogen-bond donors (Lipinski definition) is 1. The van der Waals surface area contributed by atoms with E-state index in [1.165, 1.54) is 0 Å². The van der Waals surface area contributed by atoms with Gasteiger partial charge in [0.1, 0.15) is 0 Å². The van der Waals surface area contributed by atoms with E-state index in [4.69, 9.17) is 10.5 Å². The Morgan fingerprint density at radius 3 is 2.76 bits per heavy atom. The van der Waals surface area contributed by atoms with E-state index in [0.29, 0.717) is 0 Å². The molecule has 2 rings (SSSR count). The fraction of sp³-hybridized carbons (Fsp3) is 0.308. The van der Waals surface area contributed by atoms with Crippen LogP contribution in [0.25, 0.3) is 11.3 Å². The van der Waals surface area contributed by atoms with Crippen LogP contribution < -0.4 is 5.73 Å². The fourth-order valence-electron chi connectivity index (χ4n) is 1.52. The molecule has 0 atom stereocenters. The smallest absolute Gasteiger partial charge is 0.0955 e. The summed E-state index contributed by atoms with van der Waals surface area (Å²) in [4.78, 5) is 4.58. The number of anilines is 1. The van der Waals surface area contributed by atoms with Crippen LogP contribution in [0, 0.1) is 0 Å². The van der Waals surface area contributed by atoms with E-state index in [1.54, 1.807) is 11.3 Å². The summed E-state index contributed by atoms with van der Waals surface area (Å²) >= 11 is 1.68. The van der Waals surface area contributed by atoms with Crippen LogP contribution in [0.5, 0.6) is 0 Å². The van der Waals surface area contributed by atoms with Crippen molar-refractivity contribution in [1.29, 1.82) is 0 Å². The van der Waals surface area contributed by atoms with Gasteiger partial charge in [-0.3, -0.25) is 0 Å². The van der Waals surface area contributed by atoms with Gasteiger partial charge in [0.2, 0.25) is 0 Å². The van der Waals surface area contributed by atoms with E-state index >= 15 is 0 Å². The molecule has 4 heteroatoms. The van der Waals surface area contributed by atoms with Crippen LogP contribution in [0.3, 0.4) is 0 Å². The van der Waals surface area contributed by atoms with Gasteiger partial charge in [-0.2, -0.15) is 0 Å². The van der Waals surface area contributed by atoms with Crippen LogP contribution in [0.4, 0.5) is 5.69 Å². The van der Waals surface area contributed by atoms with Crippen LogP contribution in [-0.4, -0.2) is 18.2 Å². The van der Waals surface area contributed by atoms with E-state index in [9.17, 15) is 0 Å². The molecule has 0 spiro atoms. The van der Waals surface area contributed by atoms with Gasteiger partial charge in [-0.05, 0) is 19.1 Å². The number of ether oxygens (including phenoxy) is 1. The Kier molecular flexibility index (Phi) is 4.12. The molecule has 2 aromatic rings. The van der Waals surface area contributed by atoms with Crippen molar-refractivity contribution < 1.29 is 4.74 Å². The van der Waals surface area contributed by atoms with Crippen molar-refractivity contribution in [2.45, 2.75) is 13.3 Å². The van der Waals surface area contributed by atoms with Crippen molar-refractivity contribution in [3.63, 3.8) is 0 Å². The van der Waals surface area contributed by atoms with Crippen LogP contribution in [0.15, 0.2) is 29.6 Å². The quantitative estimate of drug-likeness (QED) is 0.653. The number of rotatable bonds is 5. The summed E-state index contributed by atoms with van der Waals surface area (Å²) in [5.74, 6) is 0. The average molecular weight is 248 g/mol. The van der Waals surface area contributed by atoms with Crippen molar-refractivity contribution in [2.75, 3.05) is 18.9 Å². The molecule has 1 heterocycles. The molecule has 0 radical (unpaired) electrons. The maximum Gasteiger partial charge on any atom is 0.0955 e. The molecule has 0 aliphatic rings. The third-order valence-corrected chi connectivity index (χ3v) is 3.33. The summed E-state index contributed by atoms with van der Waals surface area (Å²) in [6.07, 6.45) is 0.882. The number of nitrogens with two attached hydrogens (primary N) is 1. The minimum Gasteiger partial charge on any atom is -0.399 e. The third-order valence-electron chi connectivity index (χ3n) is 2.42. The summed E-state index contributed by atoms with van der Waals surface area (Å²) in [7, 11) is 0. The van der Waals surface area contributed by atoms with Crippen molar-refractivity contribution in [2.24, 2.45) is 0 Å². The van der Waals surface area contributed by atoms with Crippen LogP contribution in [0.2, 0.25) is 0 Å². The summed E-state index contributed by atoms with van der Waals surface area (Å²) < 4.78 is 5.32. The molecule has 0 aliphatic carbocycles. The molecule has 0 amide bonds. The van der Waals surface area contributed by atoms with Gasteiger partial charge in [0, 0.05) is 29.7 Å². The largest absolute Gasteiger partial charge is 0.399 e. The highest BCUT2D eigenvalue weighted by Gasteiger charge is 2.04. The molecule has 0 fully saturated rings. The Bertz CT molecular complexity index is 465. The summed E-state index contributed by atoms with van der Waals surface area (Å²) in [6, 6.07) is 7.79. The van der Waals surface area contributed by atoms with Gasteiger partial charge in [-0.15, -0.1) is 11.3 Å². The lowest BCUT2D eigenvalue weighted by atomic mass is 10.1. The van der Waals surface area contributed by atoms with Gasteiger partial charge in [-0.1, -0.05) is 12.1 Å². The monoisotopic (exact) mass is 248 g/mol. The van der Waals surface area contributed by atoms with Gasteiger partial charge in [-0.25, -0.2) is 4.98 Å². The second-order valence-electron chi connectivity index (χ2n) is 3.70. The fourth-order valence-corrected chi connectivity index (χ4v) is 2.30. The molecular weight excluding hydrogens is 232 g/mol. The number of nitrogen functional groups attached to an aromatic ring is 1. The lowest BCUT2D eigenvalue weighted by molar-refractivity contribution is 0.151. The highest BCUT2D eigenvalue weighted by atomic mass is 32.1. The Hall–Kier alpha value is -1.39. The van der Waals surface area contributed by atoms with Gasteiger partial charge in [0.05, 0.1) is 17.3 Å². The first-order chi connectivity index (χ1) is 8.29. The molecule has 0 unspecified atom stereocenters. The second kappa shape index (κ2) is 5.80. The SMILES string of the molecule is CCOCCc1nc(-c2ccc(N)cc2)cs1. The van der Waals surface area contributed by atoms with Gasteiger partial charge < -0.3 is 10.5 Å². The summed E-state index contributed by atoms with van der Waals surface area (Å²) in [5.41, 5.74) is 8.56. The lowest BCUT2D eigenvalue weighted by Crippen LogP contribution is -1.97. The van der Waals surface area contributed by atoms with Crippen LogP contribution in [-0.2, 0) is 11.2 Å². The minimum absolute atomic E-state index is 0.741. The number of aromatic nitrogens is 1. The van der Waals surface area contributed by atoms with E-state index in [1.807, 2.05) is 31.2 Å². The maximum absolute atomic E-state index is 5.66. The molecule has 2 N–H and O–H groups in total. The van der Waals surface area contributed by atoms with E-state index < -0.39 is 0 Å². The first-order valence-electron chi connectivity index (χ1n) is 5.67. The molecule has 1 aromatic carbocycles. The standard InChI is InChI=1S/C13H16N2OS/c1-2-16-8-7-13-15-12(9-17-13)10-3-5-11(14)6-4-10/h3-6,9H,2,7-8,14H2,1H3. The number of hydrogen-bond acceptors (Lipinski definition) is 4. The first-order valence-corrected chi connectivity index (χ1v) is 6.55.